The van der Waals surface area contributed by atoms with Gasteiger partial charge in [0.15, 0.2) is 17.4 Å². The Balaban J connectivity index is 1.43. The average Bonchev–Trinajstić information content (AvgIpc) is 3.09. The molecule has 3 saturated heterocycles. The van der Waals surface area contributed by atoms with Crippen LogP contribution < -0.4 is 4.90 Å². The number of rotatable bonds is 3. The zero-order valence-electron chi connectivity index (χ0n) is 15.5. The van der Waals surface area contributed by atoms with Gasteiger partial charge in [0.05, 0.1) is 18.1 Å². The summed E-state index contributed by atoms with van der Waals surface area (Å²) >= 11 is 0. The van der Waals surface area contributed by atoms with Gasteiger partial charge in [-0.05, 0) is 36.8 Å². The normalized spacial score (nSPS) is 22.1. The highest BCUT2D eigenvalue weighted by Crippen LogP contribution is 2.37. The molecule has 1 aromatic heterocycles. The van der Waals surface area contributed by atoms with E-state index in [0.717, 1.165) is 18.2 Å². The number of phenolic OH excluding ortho intramolecular Hbond substituents is 1. The van der Waals surface area contributed by atoms with Crippen molar-refractivity contribution in [1.29, 1.82) is 0 Å². The molecule has 2 aromatic carbocycles. The van der Waals surface area contributed by atoms with Crippen LogP contribution in [0.1, 0.15) is 6.42 Å². The Kier molecular flexibility index (Phi) is 3.88. The van der Waals surface area contributed by atoms with Gasteiger partial charge in [0.25, 0.3) is 0 Å². The highest BCUT2D eigenvalue weighted by atomic mass is 32.2. The summed E-state index contributed by atoms with van der Waals surface area (Å²) in [6, 6.07) is 8.26. The van der Waals surface area contributed by atoms with Crippen molar-refractivity contribution in [3.8, 4) is 11.4 Å². The Morgan fingerprint density at radius 2 is 1.72 bits per heavy atom. The first-order valence-corrected chi connectivity index (χ1v) is 11.0. The van der Waals surface area contributed by atoms with Crippen LogP contribution in [0.5, 0.6) is 5.75 Å². The number of halogens is 2. The molecule has 3 fully saturated rings. The first kappa shape index (κ1) is 18.3. The number of aromatic hydroxyl groups is 1. The predicted octanol–water partition coefficient (Wildman–Crippen LogP) is 2.23. The van der Waals surface area contributed by atoms with Gasteiger partial charge in [0.2, 0.25) is 10.0 Å². The second-order valence-electron chi connectivity index (χ2n) is 7.57. The van der Waals surface area contributed by atoms with Gasteiger partial charge < -0.3 is 10.0 Å². The molecule has 2 bridgehead atoms. The molecule has 0 spiro atoms. The summed E-state index contributed by atoms with van der Waals surface area (Å²) in [5, 5.41) is 13.9. The molecular formula is C19H18F2N4O3S. The van der Waals surface area contributed by atoms with Crippen molar-refractivity contribution in [1.82, 2.24) is 14.1 Å². The summed E-state index contributed by atoms with van der Waals surface area (Å²) in [5.74, 6) is -3.12. The molecule has 2 unspecified atom stereocenters. The molecule has 0 radical (unpaired) electrons. The van der Waals surface area contributed by atoms with E-state index in [1.54, 1.807) is 16.4 Å². The minimum atomic E-state index is -3.19. The van der Waals surface area contributed by atoms with Crippen LogP contribution in [0.25, 0.3) is 16.6 Å². The molecule has 0 aliphatic carbocycles. The number of anilines is 1. The van der Waals surface area contributed by atoms with Crippen LogP contribution in [0.2, 0.25) is 0 Å². The molecule has 4 heterocycles. The van der Waals surface area contributed by atoms with Crippen LogP contribution in [0.15, 0.2) is 36.5 Å². The van der Waals surface area contributed by atoms with Gasteiger partial charge >= 0.3 is 0 Å². The Morgan fingerprint density at radius 1 is 1.10 bits per heavy atom. The molecule has 3 aromatic rings. The predicted molar refractivity (Wildman–Crippen MR) is 104 cm³/mol. The number of sulfonamides is 1. The molecule has 7 nitrogen and oxygen atoms in total. The minimum Gasteiger partial charge on any atom is -0.503 e. The topological polar surface area (TPSA) is 78.7 Å². The van der Waals surface area contributed by atoms with Crippen molar-refractivity contribution < 1.29 is 22.3 Å². The quantitative estimate of drug-likeness (QED) is 0.703. The number of benzene rings is 2. The third-order valence-electron chi connectivity index (χ3n) is 5.69. The number of phenols is 1. The second-order valence-corrected chi connectivity index (χ2v) is 9.46. The molecule has 10 heteroatoms. The second kappa shape index (κ2) is 6.14. The van der Waals surface area contributed by atoms with E-state index in [1.165, 1.54) is 17.1 Å². The lowest BCUT2D eigenvalue weighted by molar-refractivity contribution is 0.0888. The van der Waals surface area contributed by atoms with Crippen molar-refractivity contribution in [2.75, 3.05) is 24.2 Å². The van der Waals surface area contributed by atoms with Crippen LogP contribution >= 0.6 is 0 Å². The summed E-state index contributed by atoms with van der Waals surface area (Å²) < 4.78 is 54.5. The maximum Gasteiger partial charge on any atom is 0.211 e. The van der Waals surface area contributed by atoms with E-state index in [4.69, 9.17) is 0 Å². The van der Waals surface area contributed by atoms with Crippen LogP contribution in [-0.2, 0) is 10.0 Å². The number of nitrogens with zero attached hydrogens (tertiary/aromatic N) is 4. The SMILES string of the molecule is CS(=O)(=O)N1C2CC1CN(c1ccc(-n3ncc4cc(F)c(O)c(F)c43)cc1)C2. The third kappa shape index (κ3) is 2.77. The van der Waals surface area contributed by atoms with E-state index in [2.05, 4.69) is 10.00 Å². The van der Waals surface area contributed by atoms with Gasteiger partial charge in [0, 0.05) is 36.2 Å². The lowest BCUT2D eigenvalue weighted by atomic mass is 9.91. The lowest BCUT2D eigenvalue weighted by Crippen LogP contribution is -2.69. The summed E-state index contributed by atoms with van der Waals surface area (Å²) in [6.45, 7) is 1.24. The number of piperidine rings is 1. The van der Waals surface area contributed by atoms with E-state index in [-0.39, 0.29) is 23.0 Å². The molecule has 3 aliphatic heterocycles. The molecule has 152 valence electrons. The number of hydrogen-bond acceptors (Lipinski definition) is 5. The number of hydrogen-bond donors (Lipinski definition) is 1. The van der Waals surface area contributed by atoms with Gasteiger partial charge in [-0.15, -0.1) is 0 Å². The Bertz CT molecular complexity index is 1210. The molecule has 3 aliphatic rings. The van der Waals surface area contributed by atoms with Gasteiger partial charge in [0.1, 0.15) is 5.52 Å². The highest BCUT2D eigenvalue weighted by molar-refractivity contribution is 7.88. The standard InChI is InChI=1S/C19H18F2N4O3S/c1-29(27,28)25-14-7-15(25)10-23(9-14)12-2-4-13(5-3-12)24-18-11(8-22-24)6-16(20)19(26)17(18)21/h2-6,8,14-15,26H,7,9-10H2,1H3. The van der Waals surface area contributed by atoms with Gasteiger partial charge in [-0.2, -0.15) is 9.40 Å². The summed E-state index contributed by atoms with van der Waals surface area (Å²) in [6.07, 6.45) is 3.46. The largest absolute Gasteiger partial charge is 0.503 e. The Morgan fingerprint density at radius 3 is 2.34 bits per heavy atom. The van der Waals surface area contributed by atoms with Crippen molar-refractivity contribution in [3.05, 3.63) is 48.2 Å². The van der Waals surface area contributed by atoms with Crippen molar-refractivity contribution in [3.63, 3.8) is 0 Å². The fourth-order valence-electron chi connectivity index (χ4n) is 4.44. The van der Waals surface area contributed by atoms with Crippen LogP contribution in [0.4, 0.5) is 14.5 Å². The van der Waals surface area contributed by atoms with E-state index >= 15 is 0 Å². The molecule has 0 amide bonds. The number of aromatic nitrogens is 2. The molecule has 6 rings (SSSR count). The molecule has 29 heavy (non-hydrogen) atoms. The summed E-state index contributed by atoms with van der Waals surface area (Å²) in [7, 11) is -3.19. The van der Waals surface area contributed by atoms with Crippen LogP contribution in [0, 0.1) is 11.6 Å². The zero-order valence-corrected chi connectivity index (χ0v) is 16.3. The van der Waals surface area contributed by atoms with E-state index in [9.17, 15) is 22.3 Å². The maximum absolute atomic E-state index is 14.4. The molecular weight excluding hydrogens is 402 g/mol. The van der Waals surface area contributed by atoms with Gasteiger partial charge in [-0.25, -0.2) is 21.9 Å². The first-order chi connectivity index (χ1) is 13.7. The Hall–Kier alpha value is -2.72. The number of piperazine rings is 1. The summed E-state index contributed by atoms with van der Waals surface area (Å²) in [5.41, 5.74) is 1.50. The summed E-state index contributed by atoms with van der Waals surface area (Å²) in [4.78, 5) is 2.13. The van der Waals surface area contributed by atoms with E-state index in [1.807, 2.05) is 12.1 Å². The maximum atomic E-state index is 14.4. The lowest BCUT2D eigenvalue weighted by Gasteiger charge is -2.55. The first-order valence-electron chi connectivity index (χ1n) is 9.12. The molecule has 2 atom stereocenters. The van der Waals surface area contributed by atoms with Gasteiger partial charge in [-0.1, -0.05) is 0 Å². The average molecular weight is 420 g/mol. The van der Waals surface area contributed by atoms with Gasteiger partial charge in [-0.3, -0.25) is 0 Å². The van der Waals surface area contributed by atoms with Crippen molar-refractivity contribution >= 4 is 26.6 Å². The van der Waals surface area contributed by atoms with E-state index in [0.29, 0.717) is 18.8 Å². The van der Waals surface area contributed by atoms with Crippen molar-refractivity contribution in [2.45, 2.75) is 18.5 Å². The Labute approximate surface area is 165 Å². The zero-order chi connectivity index (χ0) is 20.5. The fraction of sp³-hybridized carbons (Fsp3) is 0.316. The highest BCUT2D eigenvalue weighted by Gasteiger charge is 2.49. The van der Waals surface area contributed by atoms with E-state index < -0.39 is 27.4 Å². The monoisotopic (exact) mass is 420 g/mol. The smallest absolute Gasteiger partial charge is 0.211 e. The van der Waals surface area contributed by atoms with Crippen LogP contribution in [-0.4, -0.2) is 59.0 Å². The minimum absolute atomic E-state index is 0.000314. The third-order valence-corrected chi connectivity index (χ3v) is 7.05. The van der Waals surface area contributed by atoms with Crippen molar-refractivity contribution in [2.24, 2.45) is 0 Å². The van der Waals surface area contributed by atoms with Crippen LogP contribution in [0.3, 0.4) is 0 Å². The number of fused-ring (bicyclic) bond motifs is 3. The fourth-order valence-corrected chi connectivity index (χ4v) is 5.83. The molecule has 1 N–H and O–H groups in total. The molecule has 0 saturated carbocycles.